The number of hydrogen-bond acceptors (Lipinski definition) is 3. The quantitative estimate of drug-likeness (QED) is 0.906. The van der Waals surface area contributed by atoms with Crippen molar-refractivity contribution in [3.05, 3.63) is 29.8 Å². The molecule has 1 aromatic rings. The highest BCUT2D eigenvalue weighted by atomic mass is 16.5. The van der Waals surface area contributed by atoms with Gasteiger partial charge >= 0.3 is 0 Å². The number of morpholine rings is 1. The second-order valence-electron chi connectivity index (χ2n) is 6.14. The average Bonchev–Trinajstić information content (AvgIpc) is 2.39. The van der Waals surface area contributed by atoms with E-state index in [4.69, 9.17) is 9.47 Å². The Morgan fingerprint density at radius 3 is 2.89 bits per heavy atom. The molecule has 1 saturated heterocycles. The number of rotatable bonds is 4. The molecule has 0 radical (unpaired) electrons. The smallest absolute Gasteiger partial charge is 0.119 e. The van der Waals surface area contributed by atoms with Gasteiger partial charge in [0.2, 0.25) is 0 Å². The Morgan fingerprint density at radius 1 is 1.37 bits per heavy atom. The van der Waals surface area contributed by atoms with Gasteiger partial charge in [0.05, 0.1) is 19.8 Å². The molecule has 0 aromatic heterocycles. The molecule has 106 valence electrons. The van der Waals surface area contributed by atoms with Gasteiger partial charge in [0.15, 0.2) is 0 Å². The molecule has 3 nitrogen and oxygen atoms in total. The zero-order valence-electron chi connectivity index (χ0n) is 12.2. The molecule has 2 rings (SSSR count). The lowest BCUT2D eigenvalue weighted by Crippen LogP contribution is -2.41. The molecule has 1 fully saturated rings. The standard InChI is InChI=1S/C16H25NO2/c1-16(2,3)13-5-4-6-15(11-13)19-9-7-14-12-18-10-8-17-14/h4-6,11,14,17H,7-10,12H2,1-3H3. The summed E-state index contributed by atoms with van der Waals surface area (Å²) in [5.74, 6) is 0.962. The van der Waals surface area contributed by atoms with Crippen LogP contribution in [-0.4, -0.2) is 32.4 Å². The Kier molecular flexibility index (Phi) is 4.83. The normalized spacial score (nSPS) is 20.3. The maximum Gasteiger partial charge on any atom is 0.119 e. The fourth-order valence-electron chi connectivity index (χ4n) is 2.18. The third-order valence-electron chi connectivity index (χ3n) is 3.43. The fourth-order valence-corrected chi connectivity index (χ4v) is 2.18. The maximum atomic E-state index is 5.85. The summed E-state index contributed by atoms with van der Waals surface area (Å²) in [4.78, 5) is 0. The van der Waals surface area contributed by atoms with Crippen LogP contribution < -0.4 is 10.1 Å². The van der Waals surface area contributed by atoms with Gasteiger partial charge < -0.3 is 14.8 Å². The summed E-state index contributed by atoms with van der Waals surface area (Å²) in [7, 11) is 0. The van der Waals surface area contributed by atoms with E-state index >= 15 is 0 Å². The Balaban J connectivity index is 1.82. The van der Waals surface area contributed by atoms with Crippen molar-refractivity contribution in [3.63, 3.8) is 0 Å². The molecular weight excluding hydrogens is 238 g/mol. The van der Waals surface area contributed by atoms with Crippen molar-refractivity contribution >= 4 is 0 Å². The minimum Gasteiger partial charge on any atom is -0.494 e. The molecule has 1 heterocycles. The first-order valence-corrected chi connectivity index (χ1v) is 7.10. The van der Waals surface area contributed by atoms with E-state index in [9.17, 15) is 0 Å². The van der Waals surface area contributed by atoms with Gasteiger partial charge in [-0.1, -0.05) is 32.9 Å². The first kappa shape index (κ1) is 14.4. The highest BCUT2D eigenvalue weighted by Crippen LogP contribution is 2.25. The van der Waals surface area contributed by atoms with Crippen LogP contribution in [-0.2, 0) is 10.2 Å². The lowest BCUT2D eigenvalue weighted by atomic mass is 9.87. The summed E-state index contributed by atoms with van der Waals surface area (Å²) in [6.07, 6.45) is 0.986. The summed E-state index contributed by atoms with van der Waals surface area (Å²) < 4.78 is 11.3. The molecule has 1 aliphatic rings. The SMILES string of the molecule is CC(C)(C)c1cccc(OCCC2COCCN2)c1. The van der Waals surface area contributed by atoms with Crippen molar-refractivity contribution in [3.8, 4) is 5.75 Å². The summed E-state index contributed by atoms with van der Waals surface area (Å²) >= 11 is 0. The number of nitrogens with one attached hydrogen (secondary N) is 1. The Hall–Kier alpha value is -1.06. The molecule has 1 atom stereocenters. The van der Waals surface area contributed by atoms with Crippen LogP contribution in [0.4, 0.5) is 0 Å². The number of benzene rings is 1. The first-order chi connectivity index (χ1) is 9.05. The summed E-state index contributed by atoms with van der Waals surface area (Å²) in [5, 5.41) is 3.44. The van der Waals surface area contributed by atoms with Gasteiger partial charge in [-0.05, 0) is 29.5 Å². The predicted octanol–water partition coefficient (Wildman–Crippen LogP) is 2.74. The summed E-state index contributed by atoms with van der Waals surface area (Å²) in [6, 6.07) is 8.83. The molecule has 0 amide bonds. The van der Waals surface area contributed by atoms with Crippen LogP contribution in [0.15, 0.2) is 24.3 Å². The van der Waals surface area contributed by atoms with Crippen molar-refractivity contribution in [1.82, 2.24) is 5.32 Å². The molecule has 0 saturated carbocycles. The van der Waals surface area contributed by atoms with E-state index in [1.165, 1.54) is 5.56 Å². The van der Waals surface area contributed by atoms with Gasteiger partial charge in [-0.25, -0.2) is 0 Å². The lowest BCUT2D eigenvalue weighted by Gasteiger charge is -2.24. The molecule has 0 bridgehead atoms. The maximum absolute atomic E-state index is 5.85. The largest absolute Gasteiger partial charge is 0.494 e. The van der Waals surface area contributed by atoms with E-state index in [0.717, 1.165) is 38.5 Å². The van der Waals surface area contributed by atoms with E-state index in [0.29, 0.717) is 6.04 Å². The fraction of sp³-hybridized carbons (Fsp3) is 0.625. The minimum atomic E-state index is 0.165. The van der Waals surface area contributed by atoms with E-state index in [1.54, 1.807) is 0 Å². The summed E-state index contributed by atoms with van der Waals surface area (Å²) in [6.45, 7) is 9.95. The molecule has 1 unspecified atom stereocenters. The van der Waals surface area contributed by atoms with E-state index < -0.39 is 0 Å². The molecular formula is C16H25NO2. The van der Waals surface area contributed by atoms with E-state index in [-0.39, 0.29) is 5.41 Å². The van der Waals surface area contributed by atoms with Crippen molar-refractivity contribution in [2.24, 2.45) is 0 Å². The van der Waals surface area contributed by atoms with E-state index in [1.807, 2.05) is 6.07 Å². The third kappa shape index (κ3) is 4.51. The van der Waals surface area contributed by atoms with Crippen LogP contribution in [0, 0.1) is 0 Å². The first-order valence-electron chi connectivity index (χ1n) is 7.10. The molecule has 19 heavy (non-hydrogen) atoms. The van der Waals surface area contributed by atoms with Crippen LogP contribution in [0.5, 0.6) is 5.75 Å². The zero-order valence-corrected chi connectivity index (χ0v) is 12.2. The second kappa shape index (κ2) is 6.40. The topological polar surface area (TPSA) is 30.5 Å². The van der Waals surface area contributed by atoms with Crippen LogP contribution in [0.2, 0.25) is 0 Å². The Bertz CT molecular complexity index is 392. The third-order valence-corrected chi connectivity index (χ3v) is 3.43. The van der Waals surface area contributed by atoms with Gasteiger partial charge in [-0.15, -0.1) is 0 Å². The van der Waals surface area contributed by atoms with Gasteiger partial charge in [0, 0.05) is 12.6 Å². The molecule has 0 spiro atoms. The lowest BCUT2D eigenvalue weighted by molar-refractivity contribution is 0.0691. The summed E-state index contributed by atoms with van der Waals surface area (Å²) in [5.41, 5.74) is 1.47. The second-order valence-corrected chi connectivity index (χ2v) is 6.14. The van der Waals surface area contributed by atoms with E-state index in [2.05, 4.69) is 44.3 Å². The zero-order chi connectivity index (χ0) is 13.7. The van der Waals surface area contributed by atoms with Crippen LogP contribution in [0.25, 0.3) is 0 Å². The highest BCUT2D eigenvalue weighted by Gasteiger charge is 2.15. The molecule has 1 aromatic carbocycles. The van der Waals surface area contributed by atoms with Gasteiger partial charge in [-0.3, -0.25) is 0 Å². The minimum absolute atomic E-state index is 0.165. The predicted molar refractivity (Wildman–Crippen MR) is 77.9 cm³/mol. The van der Waals surface area contributed by atoms with Crippen molar-refractivity contribution in [2.45, 2.75) is 38.6 Å². The Morgan fingerprint density at radius 2 is 2.21 bits per heavy atom. The van der Waals surface area contributed by atoms with Crippen molar-refractivity contribution in [1.29, 1.82) is 0 Å². The average molecular weight is 263 g/mol. The van der Waals surface area contributed by atoms with Crippen LogP contribution in [0.1, 0.15) is 32.8 Å². The number of hydrogen-bond donors (Lipinski definition) is 1. The molecule has 1 aliphatic heterocycles. The monoisotopic (exact) mass is 263 g/mol. The van der Waals surface area contributed by atoms with Crippen molar-refractivity contribution < 1.29 is 9.47 Å². The Labute approximate surface area is 116 Å². The van der Waals surface area contributed by atoms with Crippen LogP contribution in [0.3, 0.4) is 0 Å². The van der Waals surface area contributed by atoms with Crippen molar-refractivity contribution in [2.75, 3.05) is 26.4 Å². The highest BCUT2D eigenvalue weighted by molar-refractivity contribution is 5.32. The molecule has 3 heteroatoms. The van der Waals surface area contributed by atoms with Crippen LogP contribution >= 0.6 is 0 Å². The van der Waals surface area contributed by atoms with Gasteiger partial charge in [0.25, 0.3) is 0 Å². The molecule has 0 aliphatic carbocycles. The number of ether oxygens (including phenoxy) is 2. The van der Waals surface area contributed by atoms with Gasteiger partial charge in [-0.2, -0.15) is 0 Å². The van der Waals surface area contributed by atoms with Gasteiger partial charge in [0.1, 0.15) is 5.75 Å². The molecule has 1 N–H and O–H groups in total.